The van der Waals surface area contributed by atoms with Crippen molar-refractivity contribution >= 4 is 11.6 Å². The third-order valence-corrected chi connectivity index (χ3v) is 4.34. The maximum Gasteiger partial charge on any atom is 0.134 e. The van der Waals surface area contributed by atoms with Crippen LogP contribution in [0.15, 0.2) is 0 Å². The van der Waals surface area contributed by atoms with Crippen LogP contribution in [0.1, 0.15) is 50.9 Å². The van der Waals surface area contributed by atoms with Gasteiger partial charge in [-0.2, -0.15) is 0 Å². The van der Waals surface area contributed by atoms with Gasteiger partial charge in [0.1, 0.15) is 17.5 Å². The zero-order chi connectivity index (χ0) is 14.8. The zero-order valence-electron chi connectivity index (χ0n) is 12.7. The molecule has 1 saturated carbocycles. The van der Waals surface area contributed by atoms with E-state index in [0.29, 0.717) is 12.4 Å². The molecule has 5 nitrogen and oxygen atoms in total. The first-order valence-electron chi connectivity index (χ1n) is 7.53. The van der Waals surface area contributed by atoms with Gasteiger partial charge in [0, 0.05) is 18.5 Å². The van der Waals surface area contributed by atoms with Gasteiger partial charge in [0.15, 0.2) is 0 Å². The standard InChI is InChI=1S/C15H26N4O/c1-4-12-18-13(16)11(3)14(19-12)17-9-15(20)7-5-10(2)6-8-15/h10,20H,4-9H2,1-3H3,(H3,16,17,18,19). The van der Waals surface area contributed by atoms with Crippen molar-refractivity contribution < 1.29 is 5.11 Å². The Hall–Kier alpha value is -1.36. The number of nitrogen functional groups attached to an aromatic ring is 1. The Bertz CT molecular complexity index is 467. The summed E-state index contributed by atoms with van der Waals surface area (Å²) in [6.07, 6.45) is 4.62. The van der Waals surface area contributed by atoms with Crippen molar-refractivity contribution in [2.24, 2.45) is 5.92 Å². The van der Waals surface area contributed by atoms with Crippen LogP contribution in [0.3, 0.4) is 0 Å². The normalized spacial score (nSPS) is 26.5. The molecule has 20 heavy (non-hydrogen) atoms. The van der Waals surface area contributed by atoms with E-state index in [4.69, 9.17) is 5.73 Å². The fourth-order valence-corrected chi connectivity index (χ4v) is 2.64. The molecule has 1 aromatic heterocycles. The zero-order valence-corrected chi connectivity index (χ0v) is 12.7. The number of aromatic nitrogens is 2. The van der Waals surface area contributed by atoms with Crippen molar-refractivity contribution in [3.63, 3.8) is 0 Å². The van der Waals surface area contributed by atoms with E-state index in [1.807, 2.05) is 13.8 Å². The Morgan fingerprint density at radius 2 is 2.00 bits per heavy atom. The van der Waals surface area contributed by atoms with Crippen LogP contribution in [0.25, 0.3) is 0 Å². The molecule has 0 bridgehead atoms. The van der Waals surface area contributed by atoms with E-state index in [2.05, 4.69) is 22.2 Å². The van der Waals surface area contributed by atoms with E-state index in [1.165, 1.54) is 0 Å². The monoisotopic (exact) mass is 278 g/mol. The molecule has 0 aliphatic heterocycles. The van der Waals surface area contributed by atoms with Gasteiger partial charge in [0.2, 0.25) is 0 Å². The molecule has 2 rings (SSSR count). The van der Waals surface area contributed by atoms with Crippen LogP contribution in [0, 0.1) is 12.8 Å². The molecule has 1 heterocycles. The van der Waals surface area contributed by atoms with Crippen LogP contribution in [0.5, 0.6) is 0 Å². The van der Waals surface area contributed by atoms with Crippen molar-refractivity contribution in [1.29, 1.82) is 0 Å². The lowest BCUT2D eigenvalue weighted by atomic mass is 9.79. The second-order valence-corrected chi connectivity index (χ2v) is 6.11. The summed E-state index contributed by atoms with van der Waals surface area (Å²) in [6.45, 7) is 6.68. The molecule has 1 aliphatic rings. The molecule has 0 atom stereocenters. The molecular weight excluding hydrogens is 252 g/mol. The first-order valence-corrected chi connectivity index (χ1v) is 7.53. The summed E-state index contributed by atoms with van der Waals surface area (Å²) in [4.78, 5) is 8.71. The number of anilines is 2. The molecule has 0 aromatic carbocycles. The number of nitrogens with zero attached hydrogens (tertiary/aromatic N) is 2. The first-order chi connectivity index (χ1) is 9.43. The highest BCUT2D eigenvalue weighted by molar-refractivity contribution is 5.54. The number of aryl methyl sites for hydroxylation is 1. The summed E-state index contributed by atoms with van der Waals surface area (Å²) in [6, 6.07) is 0. The average molecular weight is 278 g/mol. The van der Waals surface area contributed by atoms with Gasteiger partial charge in [-0.1, -0.05) is 13.8 Å². The van der Waals surface area contributed by atoms with E-state index >= 15 is 0 Å². The number of rotatable bonds is 4. The third kappa shape index (κ3) is 3.39. The summed E-state index contributed by atoms with van der Waals surface area (Å²) in [7, 11) is 0. The summed E-state index contributed by atoms with van der Waals surface area (Å²) in [5, 5.41) is 13.9. The van der Waals surface area contributed by atoms with Crippen LogP contribution in [-0.4, -0.2) is 27.2 Å². The second-order valence-electron chi connectivity index (χ2n) is 6.11. The van der Waals surface area contributed by atoms with Gasteiger partial charge in [0.25, 0.3) is 0 Å². The Morgan fingerprint density at radius 3 is 2.60 bits per heavy atom. The molecule has 4 N–H and O–H groups in total. The van der Waals surface area contributed by atoms with Crippen LogP contribution >= 0.6 is 0 Å². The summed E-state index contributed by atoms with van der Waals surface area (Å²) < 4.78 is 0. The Kier molecular flexibility index (Phi) is 4.48. The Labute approximate surface area is 121 Å². The molecule has 5 heteroatoms. The first kappa shape index (κ1) is 15.0. The number of nitrogens with two attached hydrogens (primary N) is 1. The minimum atomic E-state index is -0.620. The summed E-state index contributed by atoms with van der Waals surface area (Å²) in [5.41, 5.74) is 6.14. The summed E-state index contributed by atoms with van der Waals surface area (Å²) in [5.74, 6) is 2.73. The van der Waals surface area contributed by atoms with Crippen LogP contribution < -0.4 is 11.1 Å². The molecule has 1 aliphatic carbocycles. The second kappa shape index (κ2) is 5.95. The minimum absolute atomic E-state index is 0.517. The molecular formula is C15H26N4O. The summed E-state index contributed by atoms with van der Waals surface area (Å²) >= 11 is 0. The largest absolute Gasteiger partial charge is 0.388 e. The van der Waals surface area contributed by atoms with Crippen molar-refractivity contribution in [1.82, 2.24) is 9.97 Å². The maximum atomic E-state index is 10.6. The Balaban J connectivity index is 2.05. The quantitative estimate of drug-likeness (QED) is 0.787. The molecule has 0 amide bonds. The van der Waals surface area contributed by atoms with Crippen molar-refractivity contribution in [3.8, 4) is 0 Å². The average Bonchev–Trinajstić information content (AvgIpc) is 2.44. The molecule has 1 fully saturated rings. The van der Waals surface area contributed by atoms with Gasteiger partial charge < -0.3 is 16.2 Å². The number of aliphatic hydroxyl groups is 1. The van der Waals surface area contributed by atoms with Gasteiger partial charge in [-0.05, 0) is 38.5 Å². The smallest absolute Gasteiger partial charge is 0.134 e. The number of hydrogen-bond donors (Lipinski definition) is 3. The van der Waals surface area contributed by atoms with Gasteiger partial charge >= 0.3 is 0 Å². The third-order valence-electron chi connectivity index (χ3n) is 4.34. The SMILES string of the molecule is CCc1nc(N)c(C)c(NCC2(O)CCC(C)CC2)n1. The highest BCUT2D eigenvalue weighted by Crippen LogP contribution is 2.32. The van der Waals surface area contributed by atoms with Gasteiger partial charge in [-0.3, -0.25) is 0 Å². The van der Waals surface area contributed by atoms with Crippen LogP contribution in [0.2, 0.25) is 0 Å². The predicted octanol–water partition coefficient (Wildman–Crippen LogP) is 2.28. The van der Waals surface area contributed by atoms with Crippen molar-refractivity contribution in [2.45, 2.75) is 58.5 Å². The molecule has 1 aromatic rings. The lowest BCUT2D eigenvalue weighted by Gasteiger charge is -2.35. The molecule has 0 radical (unpaired) electrons. The highest BCUT2D eigenvalue weighted by Gasteiger charge is 2.31. The van der Waals surface area contributed by atoms with Gasteiger partial charge in [0.05, 0.1) is 5.60 Å². The molecule has 0 spiro atoms. The minimum Gasteiger partial charge on any atom is -0.388 e. The van der Waals surface area contributed by atoms with E-state index in [1.54, 1.807) is 0 Å². The van der Waals surface area contributed by atoms with Gasteiger partial charge in [-0.15, -0.1) is 0 Å². The topological polar surface area (TPSA) is 84.1 Å². The fourth-order valence-electron chi connectivity index (χ4n) is 2.64. The molecule has 0 unspecified atom stereocenters. The molecule has 112 valence electrons. The lowest BCUT2D eigenvalue weighted by molar-refractivity contribution is 0.00493. The van der Waals surface area contributed by atoms with E-state index < -0.39 is 5.60 Å². The lowest BCUT2D eigenvalue weighted by Crippen LogP contribution is -2.40. The number of hydrogen-bond acceptors (Lipinski definition) is 5. The Morgan fingerprint density at radius 1 is 1.35 bits per heavy atom. The number of nitrogens with one attached hydrogen (secondary N) is 1. The van der Waals surface area contributed by atoms with E-state index in [0.717, 1.165) is 55.2 Å². The van der Waals surface area contributed by atoms with Crippen molar-refractivity contribution in [2.75, 3.05) is 17.6 Å². The predicted molar refractivity (Wildman–Crippen MR) is 81.6 cm³/mol. The van der Waals surface area contributed by atoms with Crippen molar-refractivity contribution in [3.05, 3.63) is 11.4 Å². The maximum absolute atomic E-state index is 10.6. The highest BCUT2D eigenvalue weighted by atomic mass is 16.3. The van der Waals surface area contributed by atoms with Crippen LogP contribution in [0.4, 0.5) is 11.6 Å². The fraction of sp³-hybridized carbons (Fsp3) is 0.733. The van der Waals surface area contributed by atoms with E-state index in [-0.39, 0.29) is 0 Å². The molecule has 0 saturated heterocycles. The van der Waals surface area contributed by atoms with E-state index in [9.17, 15) is 5.11 Å². The van der Waals surface area contributed by atoms with Crippen LogP contribution in [-0.2, 0) is 6.42 Å². The van der Waals surface area contributed by atoms with Gasteiger partial charge in [-0.25, -0.2) is 9.97 Å².